The number of amides is 1. The largest absolute Gasteiger partial charge is 0.494 e. The number of nitrogens with zero attached hydrogens (tertiary/aromatic N) is 5. The number of piperazine rings is 1. The normalized spacial score (nSPS) is 13.9. The Morgan fingerprint density at radius 1 is 1.02 bits per heavy atom. The van der Waals surface area contributed by atoms with E-state index in [9.17, 15) is 9.59 Å². The van der Waals surface area contributed by atoms with Gasteiger partial charge in [0, 0.05) is 73.5 Å². The van der Waals surface area contributed by atoms with E-state index in [0.717, 1.165) is 60.9 Å². The fourth-order valence-corrected chi connectivity index (χ4v) is 7.02. The van der Waals surface area contributed by atoms with Crippen LogP contribution in [0.1, 0.15) is 65.8 Å². The van der Waals surface area contributed by atoms with Crippen molar-refractivity contribution >= 4 is 34.6 Å². The molecule has 3 heterocycles. The van der Waals surface area contributed by atoms with Crippen LogP contribution >= 0.6 is 11.6 Å². The van der Waals surface area contributed by atoms with Gasteiger partial charge in [0.2, 0.25) is 0 Å². The zero-order chi connectivity index (χ0) is 37.0. The van der Waals surface area contributed by atoms with Gasteiger partial charge in [0.05, 0.1) is 17.8 Å². The predicted molar refractivity (Wildman–Crippen MR) is 203 cm³/mol. The van der Waals surface area contributed by atoms with Gasteiger partial charge < -0.3 is 23.7 Å². The number of ether oxygens (including phenoxy) is 3. The number of aryl methyl sites for hydroxylation is 5. The Kier molecular flexibility index (Phi) is 11.9. The van der Waals surface area contributed by atoms with Crippen LogP contribution in [0.15, 0.2) is 43.0 Å². The number of benzene rings is 2. The van der Waals surface area contributed by atoms with Gasteiger partial charge in [0.1, 0.15) is 23.7 Å². The van der Waals surface area contributed by atoms with E-state index in [1.807, 2.05) is 65.4 Å². The van der Waals surface area contributed by atoms with Crippen molar-refractivity contribution in [3.8, 4) is 16.9 Å². The van der Waals surface area contributed by atoms with Crippen molar-refractivity contribution in [1.29, 1.82) is 0 Å². The van der Waals surface area contributed by atoms with E-state index in [1.165, 1.54) is 0 Å². The molecule has 5 rings (SSSR count). The lowest BCUT2D eigenvalue weighted by atomic mass is 9.98. The average Bonchev–Trinajstić information content (AvgIpc) is 3.53. The monoisotopic (exact) mass is 717 g/mol. The minimum Gasteiger partial charge on any atom is -0.494 e. The van der Waals surface area contributed by atoms with Crippen molar-refractivity contribution < 1.29 is 23.8 Å². The third kappa shape index (κ3) is 8.61. The molecule has 0 spiro atoms. The van der Waals surface area contributed by atoms with Gasteiger partial charge in [-0.2, -0.15) is 5.10 Å². The second-order valence-electron chi connectivity index (χ2n) is 14.4. The lowest BCUT2D eigenvalue weighted by Gasteiger charge is -2.35. The Labute approximate surface area is 306 Å². The number of aromatic nitrogens is 3. The predicted octanol–water partition coefficient (Wildman–Crippen LogP) is 7.84. The molecule has 10 nitrogen and oxygen atoms in total. The Hall–Kier alpha value is -4.28. The van der Waals surface area contributed by atoms with Gasteiger partial charge >= 0.3 is 12.1 Å². The molecule has 0 unspecified atom stereocenters. The number of halogens is 1. The number of esters is 1. The number of hydrogen-bond donors (Lipinski definition) is 0. The van der Waals surface area contributed by atoms with Crippen LogP contribution in [0.5, 0.6) is 5.75 Å². The maximum atomic E-state index is 14.0. The molecular weight excluding hydrogens is 666 g/mol. The molecule has 0 N–H and O–H groups in total. The summed E-state index contributed by atoms with van der Waals surface area (Å²) in [6.45, 7) is 21.8. The first-order valence-electron chi connectivity index (χ1n) is 17.7. The molecule has 0 bridgehead atoms. The molecule has 0 aliphatic carbocycles. The number of carbonyl (C=O) groups is 2. The summed E-state index contributed by atoms with van der Waals surface area (Å²) in [5.41, 5.74) is 7.92. The van der Waals surface area contributed by atoms with Gasteiger partial charge in [0.25, 0.3) is 0 Å². The molecule has 2 aromatic heterocycles. The van der Waals surface area contributed by atoms with Crippen LogP contribution in [-0.2, 0) is 29.5 Å². The van der Waals surface area contributed by atoms with E-state index >= 15 is 0 Å². The summed E-state index contributed by atoms with van der Waals surface area (Å²) in [7, 11) is 1.95. The minimum atomic E-state index is -0.541. The molecule has 1 aliphatic heterocycles. The van der Waals surface area contributed by atoms with Crippen LogP contribution in [-0.4, -0.2) is 87.7 Å². The minimum absolute atomic E-state index is 0.110. The SMILES string of the molecule is C=CCOC(=O)c1c(CCCOc2cc(C)c(Cl)c(C)c2)c2cccc(-c3c(C)nn(C)c3C)c2n1CCN1CCN(C(=O)OC(C)(C)C)CC1. The van der Waals surface area contributed by atoms with Crippen LogP contribution in [0.3, 0.4) is 0 Å². The van der Waals surface area contributed by atoms with Gasteiger partial charge in [-0.05, 0) is 90.1 Å². The molecule has 2 aromatic carbocycles. The second-order valence-corrected chi connectivity index (χ2v) is 14.7. The summed E-state index contributed by atoms with van der Waals surface area (Å²) >= 11 is 6.39. The standard InChI is InChI=1S/C40H52ClN5O5/c1-10-22-50-38(47)37-32(15-12-23-49-30-24-26(2)35(41)27(3)25-30)31-13-11-14-33(34-28(4)42-43(9)29(34)5)36(31)46(37)21-18-44-16-19-45(20-17-44)39(48)51-40(6,7)8/h10-11,13-14,24-25H,1,12,15-23H2,2-9H3. The number of fused-ring (bicyclic) bond motifs is 1. The van der Waals surface area contributed by atoms with E-state index in [1.54, 1.807) is 11.0 Å². The van der Waals surface area contributed by atoms with Crippen molar-refractivity contribution in [3.05, 3.63) is 81.8 Å². The summed E-state index contributed by atoms with van der Waals surface area (Å²) in [6.07, 6.45) is 2.60. The lowest BCUT2D eigenvalue weighted by Crippen LogP contribution is -2.50. The van der Waals surface area contributed by atoms with Gasteiger partial charge in [0.15, 0.2) is 0 Å². The number of carbonyl (C=O) groups excluding carboxylic acids is 2. The first-order valence-corrected chi connectivity index (χ1v) is 18.1. The second kappa shape index (κ2) is 15.9. The van der Waals surface area contributed by atoms with Gasteiger partial charge in [-0.25, -0.2) is 9.59 Å². The Morgan fingerprint density at radius 3 is 2.31 bits per heavy atom. The maximum absolute atomic E-state index is 14.0. The van der Waals surface area contributed by atoms with Crippen LogP contribution in [0.4, 0.5) is 4.79 Å². The molecule has 4 aromatic rings. The molecule has 1 aliphatic rings. The summed E-state index contributed by atoms with van der Waals surface area (Å²) < 4.78 is 21.6. The Balaban J connectivity index is 1.49. The maximum Gasteiger partial charge on any atom is 0.410 e. The molecule has 1 saturated heterocycles. The van der Waals surface area contributed by atoms with Crippen molar-refractivity contribution in [2.75, 3.05) is 45.9 Å². The molecule has 0 radical (unpaired) electrons. The highest BCUT2D eigenvalue weighted by Crippen LogP contribution is 2.38. The Bertz CT molecular complexity index is 1890. The zero-order valence-electron chi connectivity index (χ0n) is 31.4. The van der Waals surface area contributed by atoms with E-state index in [0.29, 0.717) is 64.4 Å². The summed E-state index contributed by atoms with van der Waals surface area (Å²) in [4.78, 5) is 30.8. The van der Waals surface area contributed by atoms with E-state index in [4.69, 9.17) is 30.9 Å². The highest BCUT2D eigenvalue weighted by atomic mass is 35.5. The van der Waals surface area contributed by atoms with Crippen molar-refractivity contribution in [3.63, 3.8) is 0 Å². The first-order chi connectivity index (χ1) is 24.2. The third-order valence-corrected chi connectivity index (χ3v) is 10.0. The summed E-state index contributed by atoms with van der Waals surface area (Å²) in [5.74, 6) is 0.394. The molecule has 1 fully saturated rings. The summed E-state index contributed by atoms with van der Waals surface area (Å²) in [6, 6.07) is 10.2. The number of rotatable bonds is 12. The number of hydrogen-bond acceptors (Lipinski definition) is 7. The van der Waals surface area contributed by atoms with Crippen molar-refractivity contribution in [2.45, 2.75) is 73.5 Å². The quantitative estimate of drug-likeness (QED) is 0.0838. The number of para-hydroxylation sites is 1. The molecule has 1 amide bonds. The third-order valence-electron chi connectivity index (χ3n) is 9.40. The van der Waals surface area contributed by atoms with E-state index < -0.39 is 5.60 Å². The molecule has 51 heavy (non-hydrogen) atoms. The molecule has 0 saturated carbocycles. The smallest absolute Gasteiger partial charge is 0.410 e. The van der Waals surface area contributed by atoms with Crippen LogP contribution in [0.25, 0.3) is 22.0 Å². The van der Waals surface area contributed by atoms with Crippen molar-refractivity contribution in [2.24, 2.45) is 7.05 Å². The van der Waals surface area contributed by atoms with Crippen molar-refractivity contribution in [1.82, 2.24) is 24.1 Å². The van der Waals surface area contributed by atoms with Crippen LogP contribution < -0.4 is 4.74 Å². The zero-order valence-corrected chi connectivity index (χ0v) is 32.2. The first kappa shape index (κ1) is 38.0. The van der Waals surface area contributed by atoms with Gasteiger partial charge in [-0.3, -0.25) is 9.58 Å². The lowest BCUT2D eigenvalue weighted by molar-refractivity contribution is 0.0142. The van der Waals surface area contributed by atoms with E-state index in [2.05, 4.69) is 41.2 Å². The topological polar surface area (TPSA) is 91.1 Å². The van der Waals surface area contributed by atoms with E-state index in [-0.39, 0.29) is 18.7 Å². The molecule has 0 atom stereocenters. The molecule has 11 heteroatoms. The highest BCUT2D eigenvalue weighted by Gasteiger charge is 2.29. The highest BCUT2D eigenvalue weighted by molar-refractivity contribution is 6.32. The van der Waals surface area contributed by atoms with Gasteiger partial charge in [-0.15, -0.1) is 0 Å². The fraction of sp³-hybridized carbons (Fsp3) is 0.475. The molecule has 274 valence electrons. The summed E-state index contributed by atoms with van der Waals surface area (Å²) in [5, 5.41) is 6.48. The van der Waals surface area contributed by atoms with Crippen LogP contribution in [0.2, 0.25) is 5.02 Å². The fourth-order valence-electron chi connectivity index (χ4n) is 6.91. The Morgan fingerprint density at radius 2 is 1.71 bits per heavy atom. The van der Waals surface area contributed by atoms with Crippen LogP contribution in [0, 0.1) is 27.7 Å². The average molecular weight is 718 g/mol. The molecular formula is C40H52ClN5O5. The van der Waals surface area contributed by atoms with Gasteiger partial charge in [-0.1, -0.05) is 42.5 Å².